The fourth-order valence-electron chi connectivity index (χ4n) is 2.81. The van der Waals surface area contributed by atoms with E-state index >= 15 is 0 Å². The van der Waals surface area contributed by atoms with E-state index in [-0.39, 0.29) is 37.7 Å². The van der Waals surface area contributed by atoms with Crippen molar-refractivity contribution in [3.63, 3.8) is 0 Å². The van der Waals surface area contributed by atoms with Crippen LogP contribution < -0.4 is 22.5 Å². The minimum absolute atomic E-state index is 0. The summed E-state index contributed by atoms with van der Waals surface area (Å²) >= 11 is 5.94. The zero-order valence-corrected chi connectivity index (χ0v) is 21.8. The molecule has 0 unspecified atom stereocenters. The second-order valence-electron chi connectivity index (χ2n) is 6.31. The van der Waals surface area contributed by atoms with E-state index in [0.29, 0.717) is 23.6 Å². The summed E-state index contributed by atoms with van der Waals surface area (Å²) in [7, 11) is 1.50. The molecule has 0 bridgehead atoms. The Balaban J connectivity index is 0. The number of aryl methyl sites for hydroxylation is 1. The smallest absolute Gasteiger partial charge is 0.270 e. The van der Waals surface area contributed by atoms with Gasteiger partial charge in [0.05, 0.1) is 5.69 Å². The third-order valence-corrected chi connectivity index (χ3v) is 4.06. The van der Waals surface area contributed by atoms with Gasteiger partial charge < -0.3 is 42.8 Å². The number of nitrogen functional groups attached to an aromatic ring is 1. The van der Waals surface area contributed by atoms with Crippen molar-refractivity contribution >= 4 is 29.5 Å². The van der Waals surface area contributed by atoms with Crippen LogP contribution in [0, 0.1) is 13.8 Å². The first-order chi connectivity index (χ1) is 14.7. The Morgan fingerprint density at radius 1 is 1.22 bits per heavy atom. The van der Waals surface area contributed by atoms with Gasteiger partial charge >= 0.3 is 0 Å². The van der Waals surface area contributed by atoms with Crippen molar-refractivity contribution < 1.29 is 34.0 Å². The number of nitrogens with one attached hydrogen (secondary N) is 1. The van der Waals surface area contributed by atoms with Crippen molar-refractivity contribution in [3.05, 3.63) is 59.7 Å². The number of nitrogens with zero attached hydrogens (tertiary/aromatic N) is 2. The molecule has 1 aliphatic carbocycles. The number of aromatic nitrogens is 2. The molecule has 1 aromatic heterocycles. The Morgan fingerprint density at radius 3 is 2.31 bits per heavy atom. The van der Waals surface area contributed by atoms with Gasteiger partial charge in [-0.3, -0.25) is 4.79 Å². The fraction of sp³-hybridized carbons (Fsp3) is 0.381. The minimum Gasteiger partial charge on any atom is -0.399 e. The molecule has 0 saturated carbocycles. The molecular weight excluding hydrogens is 612 g/mol. The van der Waals surface area contributed by atoms with Crippen LogP contribution >= 0.6 is 11.6 Å². The maximum Gasteiger partial charge on any atom is 0.270 e. The summed E-state index contributed by atoms with van der Waals surface area (Å²) < 4.78 is 27.0. The summed E-state index contributed by atoms with van der Waals surface area (Å²) in [4.78, 5) is 17.0. The Morgan fingerprint density at radius 2 is 1.78 bits per heavy atom. The molecule has 11 heteroatoms. The predicted octanol–water partition coefficient (Wildman–Crippen LogP) is 3.64. The molecule has 1 heterocycles. The number of hydrogen-bond donors (Lipinski definition) is 4. The number of anilines is 2. The van der Waals surface area contributed by atoms with Crippen molar-refractivity contribution in [2.45, 2.75) is 45.1 Å². The molecule has 1 radical (unpaired) electrons. The number of nitrogens with two attached hydrogens (primary N) is 3. The van der Waals surface area contributed by atoms with Crippen LogP contribution in [0.4, 0.5) is 20.3 Å². The summed E-state index contributed by atoms with van der Waals surface area (Å²) in [6.07, 6.45) is 3.80. The van der Waals surface area contributed by atoms with E-state index < -0.39 is 5.92 Å². The summed E-state index contributed by atoms with van der Waals surface area (Å²) in [5.74, 6) is -2.26. The maximum absolute atomic E-state index is 13.5. The molecular formula is C21H31ClF2N6ORe-2. The molecule has 1 amide bonds. The van der Waals surface area contributed by atoms with E-state index in [9.17, 15) is 8.78 Å². The molecule has 1 aliphatic rings. The van der Waals surface area contributed by atoms with Crippen LogP contribution in [-0.2, 0) is 50.5 Å². The number of carbonyl (C=O) groups is 1. The largest absolute Gasteiger partial charge is 0.399 e. The maximum atomic E-state index is 13.5. The van der Waals surface area contributed by atoms with E-state index in [1.807, 2.05) is 0 Å². The van der Waals surface area contributed by atoms with Gasteiger partial charge in [0.1, 0.15) is 5.82 Å². The van der Waals surface area contributed by atoms with Gasteiger partial charge in [0.25, 0.3) is 5.92 Å². The summed E-state index contributed by atoms with van der Waals surface area (Å²) in [5.41, 5.74) is 17.3. The Bertz CT molecular complexity index is 822. The molecule has 0 saturated heterocycles. The van der Waals surface area contributed by atoms with Crippen LogP contribution in [0.2, 0.25) is 5.28 Å². The van der Waals surface area contributed by atoms with Crippen LogP contribution in [0.5, 0.6) is 0 Å². The van der Waals surface area contributed by atoms with Gasteiger partial charge in [0, 0.05) is 50.7 Å². The number of alkyl halides is 2. The molecule has 1 aromatic carbocycles. The van der Waals surface area contributed by atoms with Crippen molar-refractivity contribution in [1.82, 2.24) is 9.97 Å². The standard InChI is InChI=1S/C16H17ClF2N4.C3H6.CH3NO.CH5N.Re/c1-16(18,19)10-5-9(6-11(20)7-10)8-21-14-12-3-2-4-13(12)22-15(17)23-14;1-3-2;2-1-3;1-2;/h5-7H,2-4,8,20H2,1H3,(H,21,22,23);1-3H2;1H,(H2,2,3);2H2,1H3;/q;-2;;;. The van der Waals surface area contributed by atoms with Gasteiger partial charge in [-0.25, -0.2) is 18.7 Å². The average Bonchev–Trinajstić information content (AvgIpc) is 3.16. The van der Waals surface area contributed by atoms with Gasteiger partial charge in [-0.15, -0.1) is 0 Å². The van der Waals surface area contributed by atoms with Gasteiger partial charge in [0.2, 0.25) is 11.7 Å². The number of benzene rings is 1. The molecule has 181 valence electrons. The Labute approximate surface area is 207 Å². The number of halogens is 3. The third-order valence-electron chi connectivity index (χ3n) is 3.89. The number of primary amides is 1. The van der Waals surface area contributed by atoms with Crippen LogP contribution in [0.3, 0.4) is 0 Å². The first-order valence-electron chi connectivity index (χ1n) is 9.54. The number of amides is 1. The number of fused-ring (bicyclic) bond motifs is 1. The summed E-state index contributed by atoms with van der Waals surface area (Å²) in [5, 5.41) is 3.37. The Kier molecular flexibility index (Phi) is 16.9. The van der Waals surface area contributed by atoms with Crippen molar-refractivity contribution in [1.29, 1.82) is 0 Å². The van der Waals surface area contributed by atoms with E-state index in [1.165, 1.54) is 19.2 Å². The first-order valence-corrected chi connectivity index (χ1v) is 9.92. The summed E-state index contributed by atoms with van der Waals surface area (Å²) in [6.45, 7) is 7.95. The predicted molar refractivity (Wildman–Crippen MR) is 123 cm³/mol. The first kappa shape index (κ1) is 32.3. The van der Waals surface area contributed by atoms with Crippen molar-refractivity contribution in [2.24, 2.45) is 11.5 Å². The summed E-state index contributed by atoms with van der Waals surface area (Å²) in [6, 6.07) is 4.42. The molecule has 0 spiro atoms. The fourth-order valence-corrected chi connectivity index (χ4v) is 2.99. The number of hydrogen-bond acceptors (Lipinski definition) is 6. The molecule has 0 atom stereocenters. The molecule has 7 nitrogen and oxygen atoms in total. The van der Waals surface area contributed by atoms with Gasteiger partial charge in [-0.2, -0.15) is 0 Å². The Hall–Kier alpha value is -1.86. The average molecular weight is 643 g/mol. The van der Waals surface area contributed by atoms with Crippen LogP contribution in [-0.4, -0.2) is 23.4 Å². The van der Waals surface area contributed by atoms with Crippen LogP contribution in [0.1, 0.15) is 42.1 Å². The zero-order valence-electron chi connectivity index (χ0n) is 18.3. The van der Waals surface area contributed by atoms with E-state index in [1.54, 1.807) is 6.07 Å². The molecule has 0 fully saturated rings. The van der Waals surface area contributed by atoms with Crippen molar-refractivity contribution in [2.75, 3.05) is 18.1 Å². The quantitative estimate of drug-likeness (QED) is 0.174. The monoisotopic (exact) mass is 643 g/mol. The van der Waals surface area contributed by atoms with Gasteiger partial charge in [0.15, 0.2) is 0 Å². The molecule has 2 aromatic rings. The molecule has 0 aliphatic heterocycles. The SMILES string of the molecule is CC(F)(F)c1cc(N)cc(CNc2nc(Cl)nc3c2CCC3)c1.CN.NC=O.[CH2-]C[CH2-].[Re]. The van der Waals surface area contributed by atoms with Crippen LogP contribution in [0.25, 0.3) is 0 Å². The van der Waals surface area contributed by atoms with E-state index in [4.69, 9.17) is 22.1 Å². The third kappa shape index (κ3) is 11.1. The normalized spacial score (nSPS) is 11.1. The topological polar surface area (TPSA) is 133 Å². The van der Waals surface area contributed by atoms with E-state index in [2.05, 4.69) is 40.6 Å². The molecule has 3 rings (SSSR count). The van der Waals surface area contributed by atoms with Gasteiger partial charge in [-0.05, 0) is 61.7 Å². The van der Waals surface area contributed by atoms with Crippen LogP contribution in [0.15, 0.2) is 18.2 Å². The molecule has 32 heavy (non-hydrogen) atoms. The minimum atomic E-state index is -2.93. The molecule has 7 N–H and O–H groups in total. The zero-order chi connectivity index (χ0) is 24.0. The van der Waals surface area contributed by atoms with E-state index in [0.717, 1.165) is 43.9 Å². The second-order valence-corrected chi connectivity index (χ2v) is 6.65. The van der Waals surface area contributed by atoms with Gasteiger partial charge in [-0.1, -0.05) is 0 Å². The second kappa shape index (κ2) is 16.7. The van der Waals surface area contributed by atoms with Crippen molar-refractivity contribution in [3.8, 4) is 0 Å². The number of carbonyl (C=O) groups excluding carboxylic acids is 1. The number of rotatable bonds is 4.